The predicted molar refractivity (Wildman–Crippen MR) is 149 cm³/mol. The molecule has 1 saturated heterocycles. The summed E-state index contributed by atoms with van der Waals surface area (Å²) >= 11 is 0. The lowest BCUT2D eigenvalue weighted by atomic mass is 9.99. The number of hydrogen-bond acceptors (Lipinski definition) is 8. The van der Waals surface area contributed by atoms with E-state index in [1.54, 1.807) is 25.1 Å². The first-order valence-electron chi connectivity index (χ1n) is 13.7. The third kappa shape index (κ3) is 5.51. The first kappa shape index (κ1) is 29.3. The molecule has 1 fully saturated rings. The summed E-state index contributed by atoms with van der Waals surface area (Å²) in [5.74, 6) is -1.30. The predicted octanol–water partition coefficient (Wildman–Crippen LogP) is 3.05. The molecule has 1 unspecified atom stereocenters. The van der Waals surface area contributed by atoms with Crippen LogP contribution in [-0.2, 0) is 20.8 Å². The summed E-state index contributed by atoms with van der Waals surface area (Å²) in [5, 5.41) is 6.25. The van der Waals surface area contributed by atoms with E-state index in [1.165, 1.54) is 30.2 Å². The van der Waals surface area contributed by atoms with Gasteiger partial charge in [-0.15, -0.1) is 0 Å². The average molecular weight is 584 g/mol. The molecule has 2 aliphatic heterocycles. The summed E-state index contributed by atoms with van der Waals surface area (Å²) < 4.78 is 42.0. The summed E-state index contributed by atoms with van der Waals surface area (Å²) in [5.41, 5.74) is -0.795. The molecule has 224 valence electrons. The van der Waals surface area contributed by atoms with Crippen molar-refractivity contribution in [2.45, 2.75) is 38.4 Å². The van der Waals surface area contributed by atoms with Gasteiger partial charge in [0.2, 0.25) is 11.7 Å². The van der Waals surface area contributed by atoms with Crippen LogP contribution in [0.4, 0.5) is 4.39 Å². The van der Waals surface area contributed by atoms with E-state index in [4.69, 9.17) is 23.4 Å². The van der Waals surface area contributed by atoms with Crippen LogP contribution in [0.15, 0.2) is 40.8 Å². The second-order valence-corrected chi connectivity index (χ2v) is 10.9. The average Bonchev–Trinajstić information content (AvgIpc) is 3.28. The maximum atomic E-state index is 14.0. The van der Waals surface area contributed by atoms with Crippen LogP contribution in [0, 0.1) is 5.82 Å². The van der Waals surface area contributed by atoms with Gasteiger partial charge in [0, 0.05) is 31.3 Å². The Morgan fingerprint density at radius 2 is 1.90 bits per heavy atom. The number of fused-ring (bicyclic) bond motifs is 3. The maximum absolute atomic E-state index is 14.0. The Labute approximate surface area is 242 Å². The van der Waals surface area contributed by atoms with Gasteiger partial charge in [0.15, 0.2) is 11.3 Å². The van der Waals surface area contributed by atoms with E-state index in [1.807, 2.05) is 13.8 Å². The normalized spacial score (nSPS) is 19.4. The number of nitrogens with zero attached hydrogens (tertiary/aromatic N) is 1. The first-order chi connectivity index (χ1) is 20.1. The molecule has 5 rings (SSSR count). The van der Waals surface area contributed by atoms with Crippen LogP contribution in [0.5, 0.6) is 11.5 Å². The van der Waals surface area contributed by atoms with Crippen molar-refractivity contribution < 1.29 is 42.1 Å². The number of hydrogen-bond donors (Lipinski definition) is 2. The molecule has 3 amide bonds. The van der Waals surface area contributed by atoms with Gasteiger partial charge in [-0.05, 0) is 57.2 Å². The number of ether oxygens (including phenoxy) is 4. The monoisotopic (exact) mass is 583 g/mol. The Hall–Kier alpha value is -4.16. The van der Waals surface area contributed by atoms with Crippen molar-refractivity contribution in [3.8, 4) is 11.5 Å². The highest BCUT2D eigenvalue weighted by Crippen LogP contribution is 2.39. The first-order valence-corrected chi connectivity index (χ1v) is 13.7. The molecule has 0 radical (unpaired) electrons. The number of furan rings is 1. The third-order valence-corrected chi connectivity index (χ3v) is 7.47. The van der Waals surface area contributed by atoms with Crippen molar-refractivity contribution in [1.82, 2.24) is 15.5 Å². The molecule has 1 atom stereocenters. The Balaban J connectivity index is 1.41. The molecule has 2 aromatic carbocycles. The van der Waals surface area contributed by atoms with E-state index in [-0.39, 0.29) is 43.7 Å². The smallest absolute Gasteiger partial charge is 0.294 e. The van der Waals surface area contributed by atoms with Crippen LogP contribution in [0.25, 0.3) is 11.0 Å². The van der Waals surface area contributed by atoms with Crippen LogP contribution >= 0.6 is 0 Å². The number of halogens is 1. The van der Waals surface area contributed by atoms with Gasteiger partial charge in [0.1, 0.15) is 23.8 Å². The molecule has 11 nitrogen and oxygen atoms in total. The molecule has 1 aromatic heterocycles. The fourth-order valence-corrected chi connectivity index (χ4v) is 5.03. The molecular formula is C30H34FN3O8. The Kier molecular flexibility index (Phi) is 8.11. The molecular weight excluding hydrogens is 549 g/mol. The van der Waals surface area contributed by atoms with Gasteiger partial charge in [-0.1, -0.05) is 0 Å². The fourth-order valence-electron chi connectivity index (χ4n) is 5.03. The van der Waals surface area contributed by atoms with Crippen molar-refractivity contribution in [3.05, 3.63) is 59.1 Å². The second kappa shape index (κ2) is 11.6. The number of nitrogens with one attached hydrogen (secondary N) is 2. The summed E-state index contributed by atoms with van der Waals surface area (Å²) in [4.78, 5) is 41.7. The van der Waals surface area contributed by atoms with Crippen molar-refractivity contribution in [2.75, 3.05) is 46.7 Å². The van der Waals surface area contributed by atoms with E-state index in [2.05, 4.69) is 10.6 Å². The zero-order valence-corrected chi connectivity index (χ0v) is 24.0. The molecule has 2 N–H and O–H groups in total. The number of methoxy groups -OCH3 is 1. The molecule has 2 aliphatic rings. The summed E-state index contributed by atoms with van der Waals surface area (Å²) in [6.45, 7) is 6.51. The van der Waals surface area contributed by atoms with Crippen molar-refractivity contribution in [3.63, 3.8) is 0 Å². The Morgan fingerprint density at radius 1 is 1.12 bits per heavy atom. The van der Waals surface area contributed by atoms with Crippen LogP contribution in [0.1, 0.15) is 47.2 Å². The highest BCUT2D eigenvalue weighted by atomic mass is 19.1. The standard InChI is InChI=1S/C30H34FN3O8/c1-5-40-22-9-7-20(31)12-19(22)14-32-28(37)30(3)17-41-24-21-8-6-18(26(35)33-29(2)15-39-16-29)13-23(21)42-25(24)27(36)34(30)10-11-38-4/h6-9,12-13H,5,10-11,14-17H2,1-4H3,(H,32,37)(H,33,35). The molecule has 0 aliphatic carbocycles. The van der Waals surface area contributed by atoms with Gasteiger partial charge in [0.05, 0.1) is 37.4 Å². The van der Waals surface area contributed by atoms with Crippen LogP contribution in [-0.4, -0.2) is 80.4 Å². The topological polar surface area (TPSA) is 129 Å². The number of carbonyl (C=O) groups excluding carboxylic acids is 3. The van der Waals surface area contributed by atoms with Gasteiger partial charge in [-0.2, -0.15) is 0 Å². The Morgan fingerprint density at radius 3 is 2.60 bits per heavy atom. The molecule has 42 heavy (non-hydrogen) atoms. The third-order valence-electron chi connectivity index (χ3n) is 7.47. The van der Waals surface area contributed by atoms with Crippen molar-refractivity contribution in [1.29, 1.82) is 0 Å². The van der Waals surface area contributed by atoms with Gasteiger partial charge < -0.3 is 38.9 Å². The van der Waals surface area contributed by atoms with Gasteiger partial charge >= 0.3 is 0 Å². The highest BCUT2D eigenvalue weighted by Gasteiger charge is 2.48. The lowest BCUT2D eigenvalue weighted by Crippen LogP contribution is -2.61. The minimum atomic E-state index is -1.47. The number of carbonyl (C=O) groups is 3. The van der Waals surface area contributed by atoms with Gasteiger partial charge in [-0.25, -0.2) is 4.39 Å². The van der Waals surface area contributed by atoms with Crippen molar-refractivity contribution in [2.24, 2.45) is 0 Å². The summed E-state index contributed by atoms with van der Waals surface area (Å²) in [7, 11) is 1.49. The molecule has 0 saturated carbocycles. The summed E-state index contributed by atoms with van der Waals surface area (Å²) in [6.07, 6.45) is 0. The van der Waals surface area contributed by atoms with Crippen LogP contribution in [0.2, 0.25) is 0 Å². The molecule has 0 bridgehead atoms. The Bertz CT molecular complexity index is 1520. The summed E-state index contributed by atoms with van der Waals surface area (Å²) in [6, 6.07) is 8.91. The zero-order valence-electron chi connectivity index (χ0n) is 24.0. The lowest BCUT2D eigenvalue weighted by molar-refractivity contribution is -0.133. The maximum Gasteiger partial charge on any atom is 0.294 e. The minimum absolute atomic E-state index is 0.0314. The molecule has 0 spiro atoms. The second-order valence-electron chi connectivity index (χ2n) is 10.9. The molecule has 3 aromatic rings. The van der Waals surface area contributed by atoms with Crippen molar-refractivity contribution >= 4 is 28.7 Å². The van der Waals surface area contributed by atoms with Crippen LogP contribution in [0.3, 0.4) is 0 Å². The van der Waals surface area contributed by atoms with E-state index in [0.29, 0.717) is 47.7 Å². The van der Waals surface area contributed by atoms with E-state index >= 15 is 0 Å². The quantitative estimate of drug-likeness (QED) is 0.373. The minimum Gasteiger partial charge on any atom is -0.494 e. The highest BCUT2D eigenvalue weighted by molar-refractivity contribution is 6.06. The number of benzene rings is 2. The molecule has 3 heterocycles. The number of rotatable bonds is 10. The lowest BCUT2D eigenvalue weighted by Gasteiger charge is -2.38. The van der Waals surface area contributed by atoms with E-state index < -0.39 is 28.7 Å². The largest absolute Gasteiger partial charge is 0.494 e. The molecule has 12 heteroatoms. The van der Waals surface area contributed by atoms with Gasteiger partial charge in [0.25, 0.3) is 11.8 Å². The van der Waals surface area contributed by atoms with E-state index in [9.17, 15) is 18.8 Å². The zero-order chi connectivity index (χ0) is 30.1. The van der Waals surface area contributed by atoms with Crippen LogP contribution < -0.4 is 20.1 Å². The fraction of sp³-hybridized carbons (Fsp3) is 0.433. The number of amides is 3. The van der Waals surface area contributed by atoms with Gasteiger partial charge in [-0.3, -0.25) is 14.4 Å². The SMILES string of the molecule is CCOc1ccc(F)cc1CNC(=O)C1(C)COc2c(oc3cc(C(=O)NC4(C)COC4)ccc23)C(=O)N1CCOC. The van der Waals surface area contributed by atoms with E-state index in [0.717, 1.165) is 0 Å².